The van der Waals surface area contributed by atoms with Crippen LogP contribution >= 0.6 is 11.6 Å². The van der Waals surface area contributed by atoms with Gasteiger partial charge in [-0.05, 0) is 25.1 Å². The number of aromatic nitrogens is 3. The maximum atomic E-state index is 13.6. The van der Waals surface area contributed by atoms with Gasteiger partial charge in [-0.2, -0.15) is 4.98 Å². The molecule has 2 heterocycles. The number of nitrogens with one attached hydrogen (secondary N) is 1. The molecule has 0 amide bonds. The SMILES string of the molecule is Cc1cn(-c2ncoc2-c2ccc(Cl)c(F)c2)c(=O)[nH]c1=O. The van der Waals surface area contributed by atoms with Crippen LogP contribution in [0, 0.1) is 12.7 Å². The summed E-state index contributed by atoms with van der Waals surface area (Å²) in [5, 5.41) is -0.0260. The normalized spacial score (nSPS) is 10.9. The molecule has 0 unspecified atom stereocenters. The molecule has 0 spiro atoms. The number of oxazole rings is 1. The lowest BCUT2D eigenvalue weighted by atomic mass is 10.1. The van der Waals surface area contributed by atoms with Crippen LogP contribution in [0.3, 0.4) is 0 Å². The number of halogens is 2. The molecule has 3 rings (SSSR count). The van der Waals surface area contributed by atoms with E-state index in [9.17, 15) is 14.0 Å². The molecule has 8 heteroatoms. The highest BCUT2D eigenvalue weighted by Gasteiger charge is 2.16. The van der Waals surface area contributed by atoms with Crippen molar-refractivity contribution in [3.8, 4) is 17.1 Å². The highest BCUT2D eigenvalue weighted by atomic mass is 35.5. The van der Waals surface area contributed by atoms with Crippen molar-refractivity contribution in [1.29, 1.82) is 0 Å². The molecule has 1 aromatic carbocycles. The van der Waals surface area contributed by atoms with E-state index in [4.69, 9.17) is 16.0 Å². The molecule has 0 aliphatic carbocycles. The molecular formula is C14H9ClFN3O3. The number of benzene rings is 1. The first-order chi connectivity index (χ1) is 10.5. The van der Waals surface area contributed by atoms with Crippen molar-refractivity contribution in [3.63, 3.8) is 0 Å². The maximum absolute atomic E-state index is 13.6. The smallest absolute Gasteiger partial charge is 0.334 e. The van der Waals surface area contributed by atoms with Crippen LogP contribution in [0.5, 0.6) is 0 Å². The third-order valence-electron chi connectivity index (χ3n) is 3.08. The molecule has 3 aromatic rings. The van der Waals surface area contributed by atoms with Gasteiger partial charge in [0.25, 0.3) is 5.56 Å². The van der Waals surface area contributed by atoms with Gasteiger partial charge in [-0.25, -0.2) is 13.8 Å². The number of H-pyrrole nitrogens is 1. The van der Waals surface area contributed by atoms with Crippen LogP contribution in [-0.4, -0.2) is 14.5 Å². The van der Waals surface area contributed by atoms with Gasteiger partial charge in [0.15, 0.2) is 18.0 Å². The van der Waals surface area contributed by atoms with Gasteiger partial charge in [0.2, 0.25) is 0 Å². The molecule has 22 heavy (non-hydrogen) atoms. The van der Waals surface area contributed by atoms with Gasteiger partial charge in [0, 0.05) is 17.3 Å². The predicted molar refractivity (Wildman–Crippen MR) is 77.9 cm³/mol. The fraction of sp³-hybridized carbons (Fsp3) is 0.0714. The molecule has 2 aromatic heterocycles. The van der Waals surface area contributed by atoms with Crippen LogP contribution in [0.25, 0.3) is 17.1 Å². The number of rotatable bonds is 2. The van der Waals surface area contributed by atoms with Crippen LogP contribution in [-0.2, 0) is 0 Å². The van der Waals surface area contributed by atoms with Crippen molar-refractivity contribution in [2.45, 2.75) is 6.92 Å². The van der Waals surface area contributed by atoms with Crippen molar-refractivity contribution in [2.75, 3.05) is 0 Å². The van der Waals surface area contributed by atoms with Crippen molar-refractivity contribution in [2.24, 2.45) is 0 Å². The van der Waals surface area contributed by atoms with E-state index in [0.29, 0.717) is 11.1 Å². The lowest BCUT2D eigenvalue weighted by Crippen LogP contribution is -2.30. The summed E-state index contributed by atoms with van der Waals surface area (Å²) in [5.74, 6) is -0.290. The Hall–Kier alpha value is -2.67. The minimum Gasteiger partial charge on any atom is -0.441 e. The molecule has 0 radical (unpaired) electrons. The van der Waals surface area contributed by atoms with Crippen LogP contribution in [0.15, 0.2) is 44.8 Å². The molecule has 0 fully saturated rings. The van der Waals surface area contributed by atoms with Gasteiger partial charge in [-0.15, -0.1) is 0 Å². The summed E-state index contributed by atoms with van der Waals surface area (Å²) in [4.78, 5) is 29.5. The van der Waals surface area contributed by atoms with Crippen LogP contribution in [0.1, 0.15) is 5.56 Å². The standard InChI is InChI=1S/C14H9ClFN3O3/c1-7-5-19(14(21)18-13(7)20)12-11(22-6-17-12)8-2-3-9(15)10(16)4-8/h2-6H,1H3,(H,18,20,21). The average Bonchev–Trinajstić information content (AvgIpc) is 2.95. The first-order valence-electron chi connectivity index (χ1n) is 6.19. The summed E-state index contributed by atoms with van der Waals surface area (Å²) in [6, 6.07) is 4.09. The second kappa shape index (κ2) is 5.27. The summed E-state index contributed by atoms with van der Waals surface area (Å²) < 4.78 is 20.0. The Morgan fingerprint density at radius 1 is 1.36 bits per heavy atom. The number of aryl methyl sites for hydroxylation is 1. The Morgan fingerprint density at radius 3 is 2.86 bits per heavy atom. The summed E-state index contributed by atoms with van der Waals surface area (Å²) in [5.41, 5.74) is -0.454. The molecule has 0 saturated carbocycles. The molecule has 6 nitrogen and oxygen atoms in total. The van der Waals surface area contributed by atoms with E-state index in [0.717, 1.165) is 11.0 Å². The second-order valence-corrected chi connectivity index (χ2v) is 4.98. The molecule has 0 saturated heterocycles. The first kappa shape index (κ1) is 14.3. The van der Waals surface area contributed by atoms with E-state index in [2.05, 4.69) is 9.97 Å². The summed E-state index contributed by atoms with van der Waals surface area (Å²) >= 11 is 5.65. The molecule has 0 bridgehead atoms. The van der Waals surface area contributed by atoms with Crippen LogP contribution < -0.4 is 11.2 Å². The largest absolute Gasteiger partial charge is 0.441 e. The zero-order valence-electron chi connectivity index (χ0n) is 11.3. The number of hydrogen-bond acceptors (Lipinski definition) is 4. The lowest BCUT2D eigenvalue weighted by molar-refractivity contribution is 0.569. The van der Waals surface area contributed by atoms with Gasteiger partial charge in [-0.1, -0.05) is 11.6 Å². The van der Waals surface area contributed by atoms with E-state index in [-0.39, 0.29) is 16.6 Å². The summed E-state index contributed by atoms with van der Waals surface area (Å²) in [6.07, 6.45) is 2.47. The van der Waals surface area contributed by atoms with E-state index >= 15 is 0 Å². The highest BCUT2D eigenvalue weighted by molar-refractivity contribution is 6.30. The van der Waals surface area contributed by atoms with Gasteiger partial charge in [0.05, 0.1) is 5.02 Å². The minimum atomic E-state index is -0.666. The second-order valence-electron chi connectivity index (χ2n) is 4.58. The fourth-order valence-electron chi connectivity index (χ4n) is 1.97. The molecule has 0 aliphatic rings. The monoisotopic (exact) mass is 321 g/mol. The van der Waals surface area contributed by atoms with Crippen LogP contribution in [0.2, 0.25) is 5.02 Å². The van der Waals surface area contributed by atoms with Crippen LogP contribution in [0.4, 0.5) is 4.39 Å². The predicted octanol–water partition coefficient (Wildman–Crippen LogP) is 2.28. The van der Waals surface area contributed by atoms with E-state index < -0.39 is 17.1 Å². The summed E-state index contributed by atoms with van der Waals surface area (Å²) in [6.45, 7) is 1.55. The zero-order chi connectivity index (χ0) is 15.9. The molecule has 0 atom stereocenters. The van der Waals surface area contributed by atoms with Gasteiger partial charge >= 0.3 is 5.69 Å². The van der Waals surface area contributed by atoms with E-state index in [1.807, 2.05) is 0 Å². The third kappa shape index (κ3) is 2.35. The van der Waals surface area contributed by atoms with Crippen molar-refractivity contribution >= 4 is 11.6 Å². The van der Waals surface area contributed by atoms with E-state index in [1.54, 1.807) is 13.0 Å². The average molecular weight is 322 g/mol. The Balaban J connectivity index is 2.21. The number of hydrogen-bond donors (Lipinski definition) is 1. The van der Waals surface area contributed by atoms with Crippen molar-refractivity contribution in [1.82, 2.24) is 14.5 Å². The van der Waals surface area contributed by atoms with Gasteiger partial charge in [-0.3, -0.25) is 9.78 Å². The molecule has 112 valence electrons. The number of aromatic amines is 1. The summed E-state index contributed by atoms with van der Waals surface area (Å²) in [7, 11) is 0. The van der Waals surface area contributed by atoms with Gasteiger partial charge < -0.3 is 4.42 Å². The molecular weight excluding hydrogens is 313 g/mol. The lowest BCUT2D eigenvalue weighted by Gasteiger charge is -2.05. The minimum absolute atomic E-state index is 0.0260. The number of nitrogens with zero attached hydrogens (tertiary/aromatic N) is 2. The molecule has 0 aliphatic heterocycles. The van der Waals surface area contributed by atoms with Crippen molar-refractivity contribution < 1.29 is 8.81 Å². The third-order valence-corrected chi connectivity index (χ3v) is 3.39. The Kier molecular flexibility index (Phi) is 3.42. The van der Waals surface area contributed by atoms with Gasteiger partial charge in [0.1, 0.15) is 5.82 Å². The maximum Gasteiger partial charge on any atom is 0.334 e. The van der Waals surface area contributed by atoms with Crippen molar-refractivity contribution in [3.05, 3.63) is 68.0 Å². The Bertz CT molecular complexity index is 974. The van der Waals surface area contributed by atoms with E-state index in [1.165, 1.54) is 18.3 Å². The topological polar surface area (TPSA) is 80.9 Å². The molecule has 1 N–H and O–H groups in total. The zero-order valence-corrected chi connectivity index (χ0v) is 12.0. The highest BCUT2D eigenvalue weighted by Crippen LogP contribution is 2.28. The fourth-order valence-corrected chi connectivity index (χ4v) is 2.09. The Morgan fingerprint density at radius 2 is 2.14 bits per heavy atom. The Labute approximate surface area is 127 Å². The quantitative estimate of drug-likeness (QED) is 0.785. The first-order valence-corrected chi connectivity index (χ1v) is 6.57.